The molecule has 0 rings (SSSR count). The summed E-state index contributed by atoms with van der Waals surface area (Å²) in [6.45, 7) is 6.45. The molecule has 6 nitrogen and oxygen atoms in total. The highest BCUT2D eigenvalue weighted by Gasteiger charge is 2.19. The van der Waals surface area contributed by atoms with Gasteiger partial charge in [-0.3, -0.25) is 14.4 Å². The summed E-state index contributed by atoms with van der Waals surface area (Å²) in [5.41, 5.74) is 0. The van der Waals surface area contributed by atoms with Crippen LogP contribution < -0.4 is 0 Å². The van der Waals surface area contributed by atoms with E-state index in [1.165, 1.54) is 167 Å². The van der Waals surface area contributed by atoms with E-state index >= 15 is 0 Å². The largest absolute Gasteiger partial charge is 0.462 e. The van der Waals surface area contributed by atoms with Crippen LogP contribution in [0.15, 0.2) is 109 Å². The SMILES string of the molecule is CC/C=C\C/C=C\C/C=C\C/C=C\CCC(=O)OCC(COC(=O)CCCCCCCCCC/C=C\C/C=C\C/C=C\CCCCCCC)OC(=O)CCCCCCCCCCCCC/C=C\C/C=C\CCCCCCC. The van der Waals surface area contributed by atoms with E-state index < -0.39 is 6.10 Å². The molecule has 0 radical (unpaired) electrons. The van der Waals surface area contributed by atoms with E-state index in [1.807, 2.05) is 6.08 Å². The number of carbonyl (C=O) groups excluding carboxylic acids is 3. The first-order valence-corrected chi connectivity index (χ1v) is 32.4. The Balaban J connectivity index is 4.39. The number of carbonyl (C=O) groups is 3. The minimum absolute atomic E-state index is 0.105. The molecule has 0 saturated heterocycles. The number of unbranched alkanes of at least 4 members (excludes halogenated alkanes) is 29. The Morgan fingerprint density at radius 2 is 0.532 bits per heavy atom. The van der Waals surface area contributed by atoms with Crippen LogP contribution in [0.4, 0.5) is 0 Å². The van der Waals surface area contributed by atoms with E-state index in [0.717, 1.165) is 89.9 Å². The van der Waals surface area contributed by atoms with Crippen molar-refractivity contribution in [2.24, 2.45) is 0 Å². The maximum Gasteiger partial charge on any atom is 0.306 e. The third kappa shape index (κ3) is 62.8. The summed E-state index contributed by atoms with van der Waals surface area (Å²) in [6, 6.07) is 0. The van der Waals surface area contributed by atoms with Crippen LogP contribution in [0.1, 0.15) is 303 Å². The fourth-order valence-electron chi connectivity index (χ4n) is 8.91. The van der Waals surface area contributed by atoms with Gasteiger partial charge in [0.1, 0.15) is 13.2 Å². The standard InChI is InChI=1S/C71H120O6/c1-4-7-10-13-16-19-22-25-27-29-31-33-35-37-39-41-43-46-49-52-55-58-61-64-70(73)76-67-68(66-75-69(72)63-60-57-54-51-48-45-24-21-18-15-12-9-6-3)77-71(74)65-62-59-56-53-50-47-44-42-40-38-36-34-32-30-28-26-23-20-17-14-11-8-5-2/h9,12,18,21-23,25-26,29-32,35,37,45,48,54,57,68H,4-8,10-11,13-17,19-20,24,27-28,33-34,36,38-44,46-47,49-53,55-56,58-67H2,1-3H3/b12-9-,21-18-,25-22-,26-23-,31-29-,32-30-,37-35-,48-45-,57-54-. The molecular formula is C71H120O6. The van der Waals surface area contributed by atoms with E-state index in [4.69, 9.17) is 14.2 Å². The van der Waals surface area contributed by atoms with Crippen molar-refractivity contribution < 1.29 is 28.6 Å². The lowest BCUT2D eigenvalue weighted by atomic mass is 10.0. The van der Waals surface area contributed by atoms with Crippen LogP contribution in [-0.4, -0.2) is 37.2 Å². The molecule has 1 atom stereocenters. The number of hydrogen-bond acceptors (Lipinski definition) is 6. The van der Waals surface area contributed by atoms with Crippen molar-refractivity contribution in [3.05, 3.63) is 109 Å². The van der Waals surface area contributed by atoms with E-state index in [9.17, 15) is 14.4 Å². The van der Waals surface area contributed by atoms with E-state index in [2.05, 4.69) is 124 Å². The zero-order valence-corrected chi connectivity index (χ0v) is 50.4. The van der Waals surface area contributed by atoms with Crippen molar-refractivity contribution in [1.29, 1.82) is 0 Å². The lowest BCUT2D eigenvalue weighted by molar-refractivity contribution is -0.166. The molecule has 0 heterocycles. The molecule has 0 spiro atoms. The Hall–Kier alpha value is -3.93. The molecule has 1 unspecified atom stereocenters. The minimum Gasteiger partial charge on any atom is -0.462 e. The predicted molar refractivity (Wildman–Crippen MR) is 334 cm³/mol. The van der Waals surface area contributed by atoms with Crippen LogP contribution in [0, 0.1) is 0 Å². The maximum absolute atomic E-state index is 12.9. The molecule has 0 aromatic rings. The van der Waals surface area contributed by atoms with Gasteiger partial charge in [-0.05, 0) is 116 Å². The van der Waals surface area contributed by atoms with E-state index in [1.54, 1.807) is 0 Å². The molecule has 0 aromatic heterocycles. The van der Waals surface area contributed by atoms with Crippen LogP contribution in [0.25, 0.3) is 0 Å². The Kier molecular flexibility index (Phi) is 61.3. The average molecular weight is 1070 g/mol. The molecule has 0 aliphatic rings. The third-order valence-electron chi connectivity index (χ3n) is 13.7. The van der Waals surface area contributed by atoms with E-state index in [-0.39, 0.29) is 37.5 Å². The van der Waals surface area contributed by atoms with Crippen LogP contribution in [0.2, 0.25) is 0 Å². The smallest absolute Gasteiger partial charge is 0.306 e. The van der Waals surface area contributed by atoms with Crippen LogP contribution in [0.3, 0.4) is 0 Å². The summed E-state index contributed by atoms with van der Waals surface area (Å²) >= 11 is 0. The number of hydrogen-bond donors (Lipinski definition) is 0. The highest BCUT2D eigenvalue weighted by molar-refractivity contribution is 5.71. The Morgan fingerprint density at radius 1 is 0.273 bits per heavy atom. The highest BCUT2D eigenvalue weighted by atomic mass is 16.6. The number of rotatable bonds is 58. The predicted octanol–water partition coefficient (Wildman–Crippen LogP) is 22.2. The number of allylic oxidation sites excluding steroid dienone is 18. The van der Waals surface area contributed by atoms with Crippen molar-refractivity contribution in [3.8, 4) is 0 Å². The van der Waals surface area contributed by atoms with Gasteiger partial charge in [0.2, 0.25) is 0 Å². The minimum atomic E-state index is -0.814. The van der Waals surface area contributed by atoms with Gasteiger partial charge in [-0.1, -0.05) is 278 Å². The Morgan fingerprint density at radius 3 is 0.870 bits per heavy atom. The average Bonchev–Trinajstić information content (AvgIpc) is 3.43. The Bertz CT molecular complexity index is 1560. The normalized spacial score (nSPS) is 12.8. The first kappa shape index (κ1) is 73.1. The molecule has 0 aliphatic carbocycles. The third-order valence-corrected chi connectivity index (χ3v) is 13.7. The summed E-state index contributed by atoms with van der Waals surface area (Å²) in [5.74, 6) is -0.992. The summed E-state index contributed by atoms with van der Waals surface area (Å²) in [5, 5.41) is 0. The second-order valence-corrected chi connectivity index (χ2v) is 21.3. The van der Waals surface area contributed by atoms with Crippen molar-refractivity contribution >= 4 is 17.9 Å². The molecule has 6 heteroatoms. The molecule has 0 aromatic carbocycles. The van der Waals surface area contributed by atoms with Crippen molar-refractivity contribution in [1.82, 2.24) is 0 Å². The fraction of sp³-hybridized carbons (Fsp3) is 0.704. The molecule has 440 valence electrons. The lowest BCUT2D eigenvalue weighted by Gasteiger charge is -2.18. The van der Waals surface area contributed by atoms with Gasteiger partial charge >= 0.3 is 17.9 Å². The van der Waals surface area contributed by atoms with Gasteiger partial charge in [-0.2, -0.15) is 0 Å². The number of ether oxygens (including phenoxy) is 3. The zero-order chi connectivity index (χ0) is 55.7. The van der Waals surface area contributed by atoms with E-state index in [0.29, 0.717) is 19.3 Å². The van der Waals surface area contributed by atoms with Gasteiger partial charge < -0.3 is 14.2 Å². The molecule has 0 fully saturated rings. The van der Waals surface area contributed by atoms with Gasteiger partial charge in [0.25, 0.3) is 0 Å². The topological polar surface area (TPSA) is 78.9 Å². The molecule has 0 saturated carbocycles. The second-order valence-electron chi connectivity index (χ2n) is 21.3. The zero-order valence-electron chi connectivity index (χ0n) is 50.4. The van der Waals surface area contributed by atoms with Gasteiger partial charge in [-0.15, -0.1) is 0 Å². The second kappa shape index (κ2) is 64.6. The first-order valence-electron chi connectivity index (χ1n) is 32.4. The monoisotopic (exact) mass is 1070 g/mol. The van der Waals surface area contributed by atoms with Crippen molar-refractivity contribution in [2.75, 3.05) is 13.2 Å². The van der Waals surface area contributed by atoms with Gasteiger partial charge in [0.05, 0.1) is 0 Å². The van der Waals surface area contributed by atoms with Gasteiger partial charge in [0.15, 0.2) is 6.10 Å². The van der Waals surface area contributed by atoms with Gasteiger partial charge in [-0.25, -0.2) is 0 Å². The summed E-state index contributed by atoms with van der Waals surface area (Å²) in [6.07, 6.45) is 88.3. The Labute approximate surface area is 476 Å². The summed E-state index contributed by atoms with van der Waals surface area (Å²) in [7, 11) is 0. The van der Waals surface area contributed by atoms with Crippen LogP contribution >= 0.6 is 0 Å². The first-order chi connectivity index (χ1) is 38.0. The molecular weight excluding hydrogens is 949 g/mol. The fourth-order valence-corrected chi connectivity index (χ4v) is 8.91. The van der Waals surface area contributed by atoms with Crippen LogP contribution in [-0.2, 0) is 28.6 Å². The molecule has 0 bridgehead atoms. The summed E-state index contributed by atoms with van der Waals surface area (Å²) in [4.78, 5) is 38.3. The molecule has 0 aliphatic heterocycles. The highest BCUT2D eigenvalue weighted by Crippen LogP contribution is 2.16. The molecule has 0 amide bonds. The summed E-state index contributed by atoms with van der Waals surface area (Å²) < 4.78 is 16.8. The lowest BCUT2D eigenvalue weighted by Crippen LogP contribution is -2.30. The molecule has 77 heavy (non-hydrogen) atoms. The maximum atomic E-state index is 12.9. The van der Waals surface area contributed by atoms with Crippen molar-refractivity contribution in [2.45, 2.75) is 309 Å². The van der Waals surface area contributed by atoms with Crippen molar-refractivity contribution in [3.63, 3.8) is 0 Å². The van der Waals surface area contributed by atoms with Gasteiger partial charge in [0, 0.05) is 19.3 Å². The quantitative estimate of drug-likeness (QED) is 0.0261. The molecule has 0 N–H and O–H groups in total. The van der Waals surface area contributed by atoms with Crippen LogP contribution in [0.5, 0.6) is 0 Å². The number of esters is 3.